The number of nitrogens with one attached hydrogen (secondary N) is 1. The Bertz CT molecular complexity index is 761. The second-order valence-electron chi connectivity index (χ2n) is 6.14. The van der Waals surface area contributed by atoms with Crippen molar-refractivity contribution in [2.75, 3.05) is 6.61 Å². The van der Waals surface area contributed by atoms with Crippen molar-refractivity contribution in [3.05, 3.63) is 53.4 Å². The van der Waals surface area contributed by atoms with Crippen molar-refractivity contribution in [3.63, 3.8) is 0 Å². The highest BCUT2D eigenvalue weighted by Gasteiger charge is 2.25. The molecule has 3 aromatic rings. The van der Waals surface area contributed by atoms with E-state index in [-0.39, 0.29) is 6.10 Å². The molecule has 1 N–H and O–H groups in total. The number of hydrogen-bond donors (Lipinski definition) is 1. The number of ether oxygens (including phenoxy) is 1. The predicted octanol–water partition coefficient (Wildman–Crippen LogP) is 3.64. The summed E-state index contributed by atoms with van der Waals surface area (Å²) in [6.45, 7) is 1.74. The Morgan fingerprint density at radius 1 is 1.39 bits per heavy atom. The fraction of sp³-hybridized carbons (Fsp3) is 0.389. The Morgan fingerprint density at radius 3 is 3.13 bits per heavy atom. The summed E-state index contributed by atoms with van der Waals surface area (Å²) in [4.78, 5) is 5.60. The van der Waals surface area contributed by atoms with Crippen LogP contribution in [0.1, 0.15) is 29.5 Å². The summed E-state index contributed by atoms with van der Waals surface area (Å²) in [5.41, 5.74) is 1.17. The zero-order valence-electron chi connectivity index (χ0n) is 13.2. The van der Waals surface area contributed by atoms with E-state index in [4.69, 9.17) is 4.74 Å². The van der Waals surface area contributed by atoms with E-state index in [9.17, 15) is 0 Å². The van der Waals surface area contributed by atoms with Gasteiger partial charge in [0.2, 0.25) is 0 Å². The number of hydrogen-bond acceptors (Lipinski definition) is 4. The van der Waals surface area contributed by atoms with Crippen LogP contribution in [0.5, 0.6) is 0 Å². The highest BCUT2D eigenvalue weighted by molar-refractivity contribution is 7.19. The van der Waals surface area contributed by atoms with Crippen molar-refractivity contribution in [2.24, 2.45) is 7.05 Å². The summed E-state index contributed by atoms with van der Waals surface area (Å²) in [5.74, 6) is 0. The molecule has 1 aliphatic rings. The lowest BCUT2D eigenvalue weighted by atomic mass is 10.0. The maximum atomic E-state index is 5.94. The summed E-state index contributed by atoms with van der Waals surface area (Å²) in [6, 6.07) is 11.4. The van der Waals surface area contributed by atoms with Crippen LogP contribution in [-0.2, 0) is 18.3 Å². The molecule has 0 spiro atoms. The van der Waals surface area contributed by atoms with Gasteiger partial charge in [-0.15, -0.1) is 11.3 Å². The molecule has 2 aromatic heterocycles. The molecular formula is C18H21N3OS. The Kier molecular flexibility index (Phi) is 4.16. The Morgan fingerprint density at radius 2 is 2.30 bits per heavy atom. The SMILES string of the molecule is Cn1cncc1[C@@H]1C[C@@H](NCc2cc3ccccc3s2)CCO1. The standard InChI is InChI=1S/C18H21N3OS/c1-21-12-19-11-16(21)17-9-14(6-7-22-17)20-10-15-8-13-4-2-3-5-18(13)23-15/h2-5,8,11-12,14,17,20H,6-7,9-10H2,1H3/t14-,17-/m0/s1. The lowest BCUT2D eigenvalue weighted by Gasteiger charge is -2.30. The molecule has 0 unspecified atom stereocenters. The highest BCUT2D eigenvalue weighted by Crippen LogP contribution is 2.29. The summed E-state index contributed by atoms with van der Waals surface area (Å²) in [5, 5.41) is 5.05. The van der Waals surface area contributed by atoms with Gasteiger partial charge in [0.25, 0.3) is 0 Å². The van der Waals surface area contributed by atoms with Crippen molar-refractivity contribution >= 4 is 21.4 Å². The number of aryl methyl sites for hydroxylation is 1. The first-order valence-electron chi connectivity index (χ1n) is 8.08. The highest BCUT2D eigenvalue weighted by atomic mass is 32.1. The number of fused-ring (bicyclic) bond motifs is 1. The van der Waals surface area contributed by atoms with Crippen LogP contribution in [-0.4, -0.2) is 22.2 Å². The van der Waals surface area contributed by atoms with Gasteiger partial charge in [-0.2, -0.15) is 0 Å². The van der Waals surface area contributed by atoms with E-state index < -0.39 is 0 Å². The number of thiophene rings is 1. The summed E-state index contributed by atoms with van der Waals surface area (Å²) in [6.07, 6.45) is 5.98. The van der Waals surface area contributed by atoms with Crippen molar-refractivity contribution in [1.82, 2.24) is 14.9 Å². The molecule has 0 saturated carbocycles. The van der Waals surface area contributed by atoms with Gasteiger partial charge in [-0.25, -0.2) is 4.98 Å². The van der Waals surface area contributed by atoms with Crippen LogP contribution >= 0.6 is 11.3 Å². The average Bonchev–Trinajstić information content (AvgIpc) is 3.18. The van der Waals surface area contributed by atoms with Crippen molar-refractivity contribution in [1.29, 1.82) is 0 Å². The van der Waals surface area contributed by atoms with Crippen LogP contribution in [0, 0.1) is 0 Å². The van der Waals surface area contributed by atoms with Crippen molar-refractivity contribution in [2.45, 2.75) is 31.5 Å². The predicted molar refractivity (Wildman–Crippen MR) is 93.6 cm³/mol. The molecule has 1 saturated heterocycles. The fourth-order valence-corrected chi connectivity index (χ4v) is 4.25. The van der Waals surface area contributed by atoms with Crippen LogP contribution in [0.15, 0.2) is 42.9 Å². The number of aromatic nitrogens is 2. The molecule has 0 bridgehead atoms. The minimum atomic E-state index is 0.149. The molecule has 1 aliphatic heterocycles. The Balaban J connectivity index is 1.39. The van der Waals surface area contributed by atoms with Gasteiger partial charge in [-0.3, -0.25) is 0 Å². The normalized spacial score (nSPS) is 21.8. The van der Waals surface area contributed by atoms with Gasteiger partial charge in [0.15, 0.2) is 0 Å². The quantitative estimate of drug-likeness (QED) is 0.795. The first-order chi connectivity index (χ1) is 11.3. The first-order valence-corrected chi connectivity index (χ1v) is 8.90. The molecule has 0 amide bonds. The summed E-state index contributed by atoms with van der Waals surface area (Å²) < 4.78 is 9.35. The number of nitrogens with zero attached hydrogens (tertiary/aromatic N) is 2. The molecule has 5 heteroatoms. The molecule has 120 valence electrons. The Labute approximate surface area is 140 Å². The van der Waals surface area contributed by atoms with E-state index in [0.717, 1.165) is 26.0 Å². The molecule has 2 atom stereocenters. The molecule has 0 radical (unpaired) electrons. The largest absolute Gasteiger partial charge is 0.372 e. The van der Waals surface area contributed by atoms with E-state index in [0.29, 0.717) is 6.04 Å². The summed E-state index contributed by atoms with van der Waals surface area (Å²) in [7, 11) is 2.03. The number of benzene rings is 1. The molecule has 0 aliphatic carbocycles. The lowest BCUT2D eigenvalue weighted by molar-refractivity contribution is -0.00399. The van der Waals surface area contributed by atoms with E-state index >= 15 is 0 Å². The van der Waals surface area contributed by atoms with Gasteiger partial charge in [0.05, 0.1) is 18.2 Å². The van der Waals surface area contributed by atoms with Gasteiger partial charge in [0.1, 0.15) is 6.10 Å². The topological polar surface area (TPSA) is 39.1 Å². The monoisotopic (exact) mass is 327 g/mol. The smallest absolute Gasteiger partial charge is 0.100 e. The zero-order valence-corrected chi connectivity index (χ0v) is 14.1. The molecule has 3 heterocycles. The summed E-state index contributed by atoms with van der Waals surface area (Å²) >= 11 is 1.88. The van der Waals surface area contributed by atoms with E-state index in [2.05, 4.69) is 45.2 Å². The molecule has 4 nitrogen and oxygen atoms in total. The minimum Gasteiger partial charge on any atom is -0.372 e. The van der Waals surface area contributed by atoms with E-state index in [1.54, 1.807) is 0 Å². The molecular weight excluding hydrogens is 306 g/mol. The second kappa shape index (κ2) is 6.43. The fourth-order valence-electron chi connectivity index (χ4n) is 3.23. The molecule has 23 heavy (non-hydrogen) atoms. The van der Waals surface area contributed by atoms with E-state index in [1.165, 1.54) is 20.7 Å². The van der Waals surface area contributed by atoms with Crippen molar-refractivity contribution in [3.8, 4) is 0 Å². The first kappa shape index (κ1) is 14.9. The zero-order chi connectivity index (χ0) is 15.6. The maximum absolute atomic E-state index is 5.94. The molecule has 1 aromatic carbocycles. The van der Waals surface area contributed by atoms with E-state index in [1.807, 2.05) is 30.9 Å². The molecule has 4 rings (SSSR count). The van der Waals surface area contributed by atoms with Gasteiger partial charge in [-0.1, -0.05) is 18.2 Å². The number of imidazole rings is 1. The average molecular weight is 327 g/mol. The van der Waals surface area contributed by atoms with Crippen LogP contribution in [0.25, 0.3) is 10.1 Å². The molecule has 1 fully saturated rings. The van der Waals surface area contributed by atoms with Crippen LogP contribution in [0.2, 0.25) is 0 Å². The third kappa shape index (κ3) is 3.17. The van der Waals surface area contributed by atoms with Crippen LogP contribution < -0.4 is 5.32 Å². The van der Waals surface area contributed by atoms with Gasteiger partial charge in [0, 0.05) is 35.8 Å². The maximum Gasteiger partial charge on any atom is 0.100 e. The lowest BCUT2D eigenvalue weighted by Crippen LogP contribution is -2.36. The van der Waals surface area contributed by atoms with Crippen LogP contribution in [0.4, 0.5) is 0 Å². The minimum absolute atomic E-state index is 0.149. The number of rotatable bonds is 4. The van der Waals surface area contributed by atoms with Gasteiger partial charge in [-0.05, 0) is 30.4 Å². The Hall–Kier alpha value is -1.69. The van der Waals surface area contributed by atoms with Crippen molar-refractivity contribution < 1.29 is 4.74 Å². The van der Waals surface area contributed by atoms with Crippen LogP contribution in [0.3, 0.4) is 0 Å². The van der Waals surface area contributed by atoms with Gasteiger partial charge < -0.3 is 14.6 Å². The third-order valence-corrected chi connectivity index (χ3v) is 5.63. The van der Waals surface area contributed by atoms with Gasteiger partial charge >= 0.3 is 0 Å². The second-order valence-corrected chi connectivity index (χ2v) is 7.31. The third-order valence-electron chi connectivity index (χ3n) is 4.51.